The first-order valence-electron chi connectivity index (χ1n) is 5.77. The molecule has 1 aromatic heterocycles. The Hall–Kier alpha value is -1.70. The quantitative estimate of drug-likeness (QED) is 0.794. The average Bonchev–Trinajstić information content (AvgIpc) is 2.93. The maximum absolute atomic E-state index is 12.0. The molecule has 7 nitrogen and oxygen atoms in total. The van der Waals surface area contributed by atoms with Crippen LogP contribution in [0.1, 0.15) is 13.3 Å². The van der Waals surface area contributed by atoms with Crippen LogP contribution in [-0.2, 0) is 0 Å². The molecule has 96 valence electrons. The maximum Gasteiger partial charge on any atom is 0.340 e. The lowest BCUT2D eigenvalue weighted by Gasteiger charge is -2.39. The van der Waals surface area contributed by atoms with Crippen LogP contribution in [0.4, 0.5) is 4.79 Å². The Morgan fingerprint density at radius 1 is 1.56 bits per heavy atom. The number of carbonyl (C=O) groups excluding carboxylic acids is 1. The SMILES string of the molecule is CC1CC=NN1C(=O)N1CC(Oc2nncs2)C1. The van der Waals surface area contributed by atoms with Crippen LogP contribution in [0.5, 0.6) is 5.19 Å². The molecule has 1 aromatic rings. The average molecular weight is 267 g/mol. The van der Waals surface area contributed by atoms with Crippen LogP contribution in [-0.4, -0.2) is 57.6 Å². The number of carbonyl (C=O) groups is 1. The van der Waals surface area contributed by atoms with E-state index in [9.17, 15) is 4.79 Å². The number of hydrogen-bond acceptors (Lipinski definition) is 6. The Labute approximate surface area is 108 Å². The Kier molecular flexibility index (Phi) is 2.86. The lowest BCUT2D eigenvalue weighted by Crippen LogP contribution is -2.59. The summed E-state index contributed by atoms with van der Waals surface area (Å²) in [4.78, 5) is 13.8. The number of ether oxygens (including phenoxy) is 1. The Balaban J connectivity index is 1.50. The first kappa shape index (κ1) is 11.4. The molecule has 3 rings (SSSR count). The van der Waals surface area contributed by atoms with Crippen molar-refractivity contribution < 1.29 is 9.53 Å². The highest BCUT2D eigenvalue weighted by Gasteiger charge is 2.37. The smallest absolute Gasteiger partial charge is 0.340 e. The second-order valence-corrected chi connectivity index (χ2v) is 5.16. The summed E-state index contributed by atoms with van der Waals surface area (Å²) < 4.78 is 5.55. The number of hydrazone groups is 1. The standard InChI is InChI=1S/C10H13N5O2S/c1-7-2-3-12-15(7)10(16)14-4-8(5-14)17-9-13-11-6-18-9/h3,6-8H,2,4-5H2,1H3. The number of aromatic nitrogens is 2. The van der Waals surface area contributed by atoms with Gasteiger partial charge in [-0.3, -0.25) is 0 Å². The zero-order valence-corrected chi connectivity index (χ0v) is 10.7. The van der Waals surface area contributed by atoms with Gasteiger partial charge in [0.25, 0.3) is 5.19 Å². The summed E-state index contributed by atoms with van der Waals surface area (Å²) in [6, 6.07) is 0.106. The predicted octanol–water partition coefficient (Wildman–Crippen LogP) is 0.801. The summed E-state index contributed by atoms with van der Waals surface area (Å²) in [5, 5.41) is 13.7. The van der Waals surface area contributed by atoms with Gasteiger partial charge in [0.2, 0.25) is 0 Å². The molecule has 0 aromatic carbocycles. The molecule has 0 bridgehead atoms. The van der Waals surface area contributed by atoms with E-state index < -0.39 is 0 Å². The van der Waals surface area contributed by atoms with E-state index in [1.807, 2.05) is 6.92 Å². The summed E-state index contributed by atoms with van der Waals surface area (Å²) in [5.41, 5.74) is 1.62. The number of rotatable bonds is 2. The summed E-state index contributed by atoms with van der Waals surface area (Å²) >= 11 is 1.35. The van der Waals surface area contributed by atoms with Crippen molar-refractivity contribution in [3.8, 4) is 5.19 Å². The molecule has 2 aliphatic rings. The van der Waals surface area contributed by atoms with Crippen LogP contribution in [0.3, 0.4) is 0 Å². The first-order valence-corrected chi connectivity index (χ1v) is 6.65. The first-order chi connectivity index (χ1) is 8.74. The van der Waals surface area contributed by atoms with Crippen molar-refractivity contribution >= 4 is 23.6 Å². The van der Waals surface area contributed by atoms with Gasteiger partial charge in [0.1, 0.15) is 11.6 Å². The normalized spacial score (nSPS) is 23.3. The monoisotopic (exact) mass is 267 g/mol. The summed E-state index contributed by atoms with van der Waals surface area (Å²) in [5.74, 6) is 0. The minimum atomic E-state index is -0.0478. The van der Waals surface area contributed by atoms with Crippen LogP contribution >= 0.6 is 11.3 Å². The van der Waals surface area contributed by atoms with Gasteiger partial charge in [-0.15, -0.1) is 10.2 Å². The van der Waals surface area contributed by atoms with Gasteiger partial charge in [-0.25, -0.2) is 9.80 Å². The fourth-order valence-corrected chi connectivity index (χ4v) is 2.38. The number of hydrogen-bond donors (Lipinski definition) is 0. The third-order valence-corrected chi connectivity index (χ3v) is 3.57. The van der Waals surface area contributed by atoms with Gasteiger partial charge >= 0.3 is 6.03 Å². The molecule has 18 heavy (non-hydrogen) atoms. The van der Waals surface area contributed by atoms with E-state index in [4.69, 9.17) is 4.74 Å². The Bertz CT molecular complexity index is 457. The molecular weight excluding hydrogens is 254 g/mol. The van der Waals surface area contributed by atoms with Gasteiger partial charge < -0.3 is 9.64 Å². The fraction of sp³-hybridized carbons (Fsp3) is 0.600. The van der Waals surface area contributed by atoms with Crippen molar-refractivity contribution in [2.45, 2.75) is 25.5 Å². The number of amides is 2. The van der Waals surface area contributed by atoms with Crippen LogP contribution in [0.15, 0.2) is 10.6 Å². The molecule has 2 amide bonds. The molecule has 8 heteroatoms. The Morgan fingerprint density at radius 3 is 3.00 bits per heavy atom. The van der Waals surface area contributed by atoms with Crippen molar-refractivity contribution in [1.29, 1.82) is 0 Å². The van der Waals surface area contributed by atoms with Crippen LogP contribution in [0.25, 0.3) is 0 Å². The van der Waals surface area contributed by atoms with E-state index in [-0.39, 0.29) is 18.2 Å². The van der Waals surface area contributed by atoms with Crippen molar-refractivity contribution in [3.63, 3.8) is 0 Å². The molecule has 1 fully saturated rings. The van der Waals surface area contributed by atoms with Crippen LogP contribution in [0, 0.1) is 0 Å². The highest BCUT2D eigenvalue weighted by atomic mass is 32.1. The summed E-state index contributed by atoms with van der Waals surface area (Å²) in [6.45, 7) is 3.15. The fourth-order valence-electron chi connectivity index (χ4n) is 1.91. The van der Waals surface area contributed by atoms with E-state index in [1.165, 1.54) is 16.3 Å². The van der Waals surface area contributed by atoms with Gasteiger partial charge in [0.05, 0.1) is 19.1 Å². The highest BCUT2D eigenvalue weighted by Crippen LogP contribution is 2.22. The zero-order valence-electron chi connectivity index (χ0n) is 9.89. The molecule has 3 heterocycles. The molecule has 2 aliphatic heterocycles. The third-order valence-electron chi connectivity index (χ3n) is 2.99. The van der Waals surface area contributed by atoms with Crippen molar-refractivity contribution in [3.05, 3.63) is 5.51 Å². The molecule has 1 atom stereocenters. The second kappa shape index (κ2) is 4.52. The molecule has 0 spiro atoms. The number of urea groups is 1. The lowest BCUT2D eigenvalue weighted by molar-refractivity contribution is 0.0281. The van der Waals surface area contributed by atoms with Crippen molar-refractivity contribution in [1.82, 2.24) is 20.1 Å². The molecule has 0 saturated carbocycles. The molecule has 0 N–H and O–H groups in total. The van der Waals surface area contributed by atoms with E-state index in [0.29, 0.717) is 18.3 Å². The van der Waals surface area contributed by atoms with Crippen molar-refractivity contribution in [2.24, 2.45) is 5.10 Å². The number of nitrogens with zero attached hydrogens (tertiary/aromatic N) is 5. The van der Waals surface area contributed by atoms with Gasteiger partial charge in [-0.1, -0.05) is 11.3 Å². The largest absolute Gasteiger partial charge is 0.462 e. The van der Waals surface area contributed by atoms with Crippen LogP contribution in [0.2, 0.25) is 0 Å². The topological polar surface area (TPSA) is 70.9 Å². The van der Waals surface area contributed by atoms with Gasteiger partial charge in [0, 0.05) is 12.6 Å². The number of likely N-dealkylation sites (tertiary alicyclic amines) is 1. The second-order valence-electron chi connectivity index (χ2n) is 4.36. The van der Waals surface area contributed by atoms with Gasteiger partial charge in [-0.2, -0.15) is 5.10 Å². The molecule has 1 saturated heterocycles. The highest BCUT2D eigenvalue weighted by molar-refractivity contribution is 7.11. The Morgan fingerprint density at radius 2 is 2.39 bits per heavy atom. The van der Waals surface area contributed by atoms with E-state index in [0.717, 1.165) is 6.42 Å². The summed E-state index contributed by atoms with van der Waals surface area (Å²) in [7, 11) is 0. The van der Waals surface area contributed by atoms with E-state index in [1.54, 1.807) is 16.6 Å². The predicted molar refractivity (Wildman–Crippen MR) is 65.7 cm³/mol. The molecule has 0 aliphatic carbocycles. The van der Waals surface area contributed by atoms with Crippen LogP contribution < -0.4 is 4.74 Å². The molecule has 1 unspecified atom stereocenters. The van der Waals surface area contributed by atoms with Gasteiger partial charge in [-0.05, 0) is 6.92 Å². The lowest BCUT2D eigenvalue weighted by atomic mass is 10.2. The minimum Gasteiger partial charge on any atom is -0.462 e. The van der Waals surface area contributed by atoms with Crippen molar-refractivity contribution in [2.75, 3.05) is 13.1 Å². The van der Waals surface area contributed by atoms with E-state index >= 15 is 0 Å². The van der Waals surface area contributed by atoms with Gasteiger partial charge in [0.15, 0.2) is 0 Å². The zero-order chi connectivity index (χ0) is 12.5. The molecular formula is C10H13N5O2S. The minimum absolute atomic E-state index is 0.0174. The molecule has 0 radical (unpaired) electrons. The van der Waals surface area contributed by atoms with E-state index in [2.05, 4.69) is 15.3 Å². The summed E-state index contributed by atoms with van der Waals surface area (Å²) in [6.07, 6.45) is 2.62. The third kappa shape index (κ3) is 2.03. The maximum atomic E-state index is 12.0.